The molecule has 1 aromatic carbocycles. The maximum Gasteiger partial charge on any atom is 0.328 e. The zero-order valence-corrected chi connectivity index (χ0v) is 12.3. The molecule has 0 aliphatic heterocycles. The zero-order chi connectivity index (χ0) is 13.9. The van der Waals surface area contributed by atoms with Crippen molar-refractivity contribution in [3.8, 4) is 17.7 Å². The van der Waals surface area contributed by atoms with Gasteiger partial charge in [-0.05, 0) is 35.9 Å². The van der Waals surface area contributed by atoms with E-state index in [2.05, 4.69) is 36.0 Å². The van der Waals surface area contributed by atoms with Crippen LogP contribution < -0.4 is 4.74 Å². The van der Waals surface area contributed by atoms with Crippen molar-refractivity contribution in [3.05, 3.63) is 52.5 Å². The van der Waals surface area contributed by atoms with E-state index in [0.717, 1.165) is 4.47 Å². The molecule has 0 bridgehead atoms. The van der Waals surface area contributed by atoms with E-state index in [1.807, 2.05) is 12.1 Å². The molecule has 20 heavy (non-hydrogen) atoms. The van der Waals surface area contributed by atoms with E-state index in [-0.39, 0.29) is 11.3 Å². The molecular weight excluding hydrogens is 346 g/mol. The molecular formula is C12H7BrClN5O. The van der Waals surface area contributed by atoms with Crippen LogP contribution in [0.4, 0.5) is 0 Å². The maximum absolute atomic E-state index is 5.87. The molecule has 100 valence electrons. The Labute approximate surface area is 127 Å². The number of hydrogen-bond acceptors (Lipinski definition) is 5. The first kappa shape index (κ1) is 13.0. The summed E-state index contributed by atoms with van der Waals surface area (Å²) in [5.41, 5.74) is 0. The van der Waals surface area contributed by atoms with Gasteiger partial charge in [-0.1, -0.05) is 22.0 Å². The second-order valence-corrected chi connectivity index (χ2v) is 4.95. The Morgan fingerprint density at radius 2 is 2.05 bits per heavy atom. The van der Waals surface area contributed by atoms with Crippen molar-refractivity contribution in [1.82, 2.24) is 24.7 Å². The van der Waals surface area contributed by atoms with Gasteiger partial charge in [0.05, 0.1) is 0 Å². The molecule has 6 nitrogen and oxygen atoms in total. The molecule has 0 N–H and O–H groups in total. The quantitative estimate of drug-likeness (QED) is 0.724. The van der Waals surface area contributed by atoms with E-state index in [4.69, 9.17) is 16.3 Å². The van der Waals surface area contributed by atoms with Gasteiger partial charge in [0.15, 0.2) is 0 Å². The van der Waals surface area contributed by atoms with Crippen molar-refractivity contribution >= 4 is 27.5 Å². The van der Waals surface area contributed by atoms with Gasteiger partial charge in [-0.15, -0.1) is 0 Å². The fraction of sp³-hybridized carbons (Fsp3) is 0. The van der Waals surface area contributed by atoms with Crippen molar-refractivity contribution in [1.29, 1.82) is 0 Å². The first-order chi connectivity index (χ1) is 9.70. The number of halogens is 2. The molecule has 0 fully saturated rings. The lowest BCUT2D eigenvalue weighted by Gasteiger charge is -2.06. The van der Waals surface area contributed by atoms with Gasteiger partial charge in [-0.3, -0.25) is 0 Å². The highest BCUT2D eigenvalue weighted by Gasteiger charge is 2.09. The molecule has 0 saturated heterocycles. The average molecular weight is 353 g/mol. The Kier molecular flexibility index (Phi) is 3.62. The van der Waals surface area contributed by atoms with Crippen LogP contribution in [0.1, 0.15) is 0 Å². The minimum absolute atomic E-state index is 0.0375. The standard InChI is InChI=1S/C12H7BrClN5O/c13-8-3-1-4-9(7-8)20-12-17-10(14)16-11(18-12)19-6-2-5-15-19/h1-7H. The topological polar surface area (TPSA) is 65.7 Å². The minimum atomic E-state index is 0.0375. The van der Waals surface area contributed by atoms with Gasteiger partial charge >= 0.3 is 6.01 Å². The van der Waals surface area contributed by atoms with Crippen LogP contribution in [0.15, 0.2) is 47.2 Å². The van der Waals surface area contributed by atoms with Gasteiger partial charge in [0, 0.05) is 16.9 Å². The lowest BCUT2D eigenvalue weighted by atomic mass is 10.3. The van der Waals surface area contributed by atoms with Crippen molar-refractivity contribution in [2.45, 2.75) is 0 Å². The molecule has 0 saturated carbocycles. The van der Waals surface area contributed by atoms with E-state index in [9.17, 15) is 0 Å². The molecule has 3 rings (SSSR count). The fourth-order valence-corrected chi connectivity index (χ4v) is 2.02. The highest BCUT2D eigenvalue weighted by Crippen LogP contribution is 2.22. The normalized spacial score (nSPS) is 10.5. The molecule has 0 aliphatic carbocycles. The second kappa shape index (κ2) is 5.56. The molecule has 3 aromatic rings. The SMILES string of the molecule is Clc1nc(Oc2cccc(Br)c2)nc(-n2cccn2)n1. The van der Waals surface area contributed by atoms with Crippen molar-refractivity contribution in [3.63, 3.8) is 0 Å². The van der Waals surface area contributed by atoms with Gasteiger partial charge in [0.1, 0.15) is 5.75 Å². The summed E-state index contributed by atoms with van der Waals surface area (Å²) in [7, 11) is 0. The van der Waals surface area contributed by atoms with Crippen LogP contribution >= 0.6 is 27.5 Å². The monoisotopic (exact) mass is 351 g/mol. The highest BCUT2D eigenvalue weighted by molar-refractivity contribution is 9.10. The molecule has 0 radical (unpaired) electrons. The van der Waals surface area contributed by atoms with Gasteiger partial charge in [0.2, 0.25) is 5.28 Å². The van der Waals surface area contributed by atoms with Gasteiger partial charge in [-0.25, -0.2) is 4.68 Å². The molecule has 2 aromatic heterocycles. The van der Waals surface area contributed by atoms with E-state index in [1.54, 1.807) is 30.6 Å². The van der Waals surface area contributed by atoms with E-state index in [0.29, 0.717) is 11.7 Å². The molecule has 2 heterocycles. The number of hydrogen-bond donors (Lipinski definition) is 0. The third-order valence-electron chi connectivity index (χ3n) is 2.29. The van der Waals surface area contributed by atoms with Crippen LogP contribution in [0, 0.1) is 0 Å². The number of nitrogens with zero attached hydrogens (tertiary/aromatic N) is 5. The van der Waals surface area contributed by atoms with Crippen LogP contribution in [0.5, 0.6) is 11.8 Å². The summed E-state index contributed by atoms with van der Waals surface area (Å²) >= 11 is 9.23. The van der Waals surface area contributed by atoms with Crippen LogP contribution in [-0.4, -0.2) is 24.7 Å². The maximum atomic E-state index is 5.87. The predicted molar refractivity (Wildman–Crippen MR) is 76.2 cm³/mol. The van der Waals surface area contributed by atoms with Gasteiger partial charge in [0.25, 0.3) is 5.95 Å². The summed E-state index contributed by atoms with van der Waals surface area (Å²) in [6, 6.07) is 9.18. The molecule has 0 atom stereocenters. The smallest absolute Gasteiger partial charge is 0.328 e. The third kappa shape index (κ3) is 2.94. The number of aromatic nitrogens is 5. The Hall–Kier alpha value is -1.99. The van der Waals surface area contributed by atoms with Gasteiger partial charge in [-0.2, -0.15) is 20.1 Å². The Bertz CT molecular complexity index is 734. The largest absolute Gasteiger partial charge is 0.424 e. The highest BCUT2D eigenvalue weighted by atomic mass is 79.9. The van der Waals surface area contributed by atoms with Gasteiger partial charge < -0.3 is 4.74 Å². The summed E-state index contributed by atoms with van der Waals surface area (Å²) in [4.78, 5) is 12.1. The first-order valence-corrected chi connectivity index (χ1v) is 6.73. The lowest BCUT2D eigenvalue weighted by Crippen LogP contribution is -2.05. The Morgan fingerprint density at radius 1 is 1.15 bits per heavy atom. The van der Waals surface area contributed by atoms with Crippen LogP contribution in [-0.2, 0) is 0 Å². The van der Waals surface area contributed by atoms with E-state index in [1.165, 1.54) is 4.68 Å². The van der Waals surface area contributed by atoms with Crippen molar-refractivity contribution < 1.29 is 4.74 Å². The fourth-order valence-electron chi connectivity index (χ4n) is 1.49. The van der Waals surface area contributed by atoms with Crippen molar-refractivity contribution in [2.75, 3.05) is 0 Å². The third-order valence-corrected chi connectivity index (χ3v) is 2.95. The number of rotatable bonds is 3. The number of benzene rings is 1. The lowest BCUT2D eigenvalue weighted by molar-refractivity contribution is 0.437. The molecule has 0 aliphatic rings. The summed E-state index contributed by atoms with van der Waals surface area (Å²) in [6.45, 7) is 0. The molecule has 0 unspecified atom stereocenters. The molecule has 0 spiro atoms. The first-order valence-electron chi connectivity index (χ1n) is 5.56. The summed E-state index contributed by atoms with van der Waals surface area (Å²) in [5.74, 6) is 0.882. The van der Waals surface area contributed by atoms with Crippen molar-refractivity contribution in [2.24, 2.45) is 0 Å². The second-order valence-electron chi connectivity index (χ2n) is 3.70. The summed E-state index contributed by atoms with van der Waals surface area (Å²) in [5, 5.41) is 4.07. The van der Waals surface area contributed by atoms with E-state index >= 15 is 0 Å². The van der Waals surface area contributed by atoms with Crippen LogP contribution in [0.2, 0.25) is 5.28 Å². The van der Waals surface area contributed by atoms with Crippen LogP contribution in [0.25, 0.3) is 5.95 Å². The predicted octanol–water partition coefficient (Wildman–Crippen LogP) is 3.27. The van der Waals surface area contributed by atoms with Crippen LogP contribution in [0.3, 0.4) is 0 Å². The minimum Gasteiger partial charge on any atom is -0.424 e. The Morgan fingerprint density at radius 3 is 2.80 bits per heavy atom. The summed E-state index contributed by atoms with van der Waals surface area (Å²) in [6.07, 6.45) is 3.32. The average Bonchev–Trinajstić information content (AvgIpc) is 2.91. The molecule has 8 heteroatoms. The molecule has 0 amide bonds. The zero-order valence-electron chi connectivity index (χ0n) is 9.94. The number of ether oxygens (including phenoxy) is 1. The summed E-state index contributed by atoms with van der Waals surface area (Å²) < 4.78 is 7.93. The Balaban J connectivity index is 1.94. The van der Waals surface area contributed by atoms with E-state index < -0.39 is 0 Å².